The Hall–Kier alpha value is -0.250. The smallest absolute Gasteiger partial charge is 0.0516 e. The average molecular weight is 344 g/mol. The molecule has 2 saturated heterocycles. The third kappa shape index (κ3) is 2.65. The van der Waals surface area contributed by atoms with Crippen LogP contribution in [0.4, 0.5) is 5.69 Å². The highest BCUT2D eigenvalue weighted by atomic mass is 79.9. The van der Waals surface area contributed by atoms with E-state index in [9.17, 15) is 0 Å². The van der Waals surface area contributed by atoms with Crippen molar-refractivity contribution in [2.24, 2.45) is 0 Å². The summed E-state index contributed by atoms with van der Waals surface area (Å²) in [5.41, 5.74) is 1.31. The van der Waals surface area contributed by atoms with Crippen LogP contribution < -0.4 is 10.2 Å². The van der Waals surface area contributed by atoms with Crippen molar-refractivity contribution < 1.29 is 0 Å². The van der Waals surface area contributed by atoms with Gasteiger partial charge in [0.1, 0.15) is 0 Å². The van der Waals surface area contributed by atoms with Crippen LogP contribution in [-0.2, 0) is 0 Å². The minimum absolute atomic E-state index is 0.681. The van der Waals surface area contributed by atoms with Gasteiger partial charge in [-0.25, -0.2) is 0 Å². The van der Waals surface area contributed by atoms with E-state index < -0.39 is 0 Å². The van der Waals surface area contributed by atoms with E-state index in [4.69, 9.17) is 11.6 Å². The molecule has 2 unspecified atom stereocenters. The first kappa shape index (κ1) is 13.7. The van der Waals surface area contributed by atoms with Crippen LogP contribution in [0.25, 0.3) is 0 Å². The molecule has 0 radical (unpaired) electrons. The topological polar surface area (TPSA) is 15.3 Å². The van der Waals surface area contributed by atoms with Crippen LogP contribution in [0.3, 0.4) is 0 Å². The molecule has 0 aliphatic carbocycles. The lowest BCUT2D eigenvalue weighted by Crippen LogP contribution is -2.49. The van der Waals surface area contributed by atoms with Gasteiger partial charge in [-0.1, -0.05) is 18.5 Å². The maximum atomic E-state index is 6.05. The van der Waals surface area contributed by atoms with E-state index in [1.54, 1.807) is 0 Å². The van der Waals surface area contributed by atoms with Gasteiger partial charge in [0.2, 0.25) is 0 Å². The molecule has 2 aliphatic heterocycles. The lowest BCUT2D eigenvalue weighted by atomic mass is 9.96. The van der Waals surface area contributed by atoms with Gasteiger partial charge in [0.05, 0.1) is 5.69 Å². The highest BCUT2D eigenvalue weighted by molar-refractivity contribution is 9.10. The van der Waals surface area contributed by atoms with Gasteiger partial charge in [0, 0.05) is 27.6 Å². The lowest BCUT2D eigenvalue weighted by molar-refractivity contribution is 0.361. The minimum Gasteiger partial charge on any atom is -0.365 e. The Morgan fingerprint density at radius 1 is 1.32 bits per heavy atom. The van der Waals surface area contributed by atoms with Gasteiger partial charge in [-0.2, -0.15) is 0 Å². The molecule has 2 fully saturated rings. The molecular formula is C15H20BrClN2. The summed E-state index contributed by atoms with van der Waals surface area (Å²) in [5, 5.41) is 4.42. The predicted molar refractivity (Wildman–Crippen MR) is 85.1 cm³/mol. The van der Waals surface area contributed by atoms with E-state index in [1.807, 2.05) is 12.1 Å². The van der Waals surface area contributed by atoms with Gasteiger partial charge in [-0.05, 0) is 66.4 Å². The highest BCUT2D eigenvalue weighted by Crippen LogP contribution is 2.42. The third-order valence-corrected chi connectivity index (χ3v) is 5.28. The second-order valence-corrected chi connectivity index (χ2v) is 6.90. The number of halogens is 2. The summed E-state index contributed by atoms with van der Waals surface area (Å²) >= 11 is 9.72. The van der Waals surface area contributed by atoms with Gasteiger partial charge < -0.3 is 10.2 Å². The van der Waals surface area contributed by atoms with Crippen molar-refractivity contribution in [3.8, 4) is 0 Å². The molecule has 2 nitrogen and oxygen atoms in total. The van der Waals surface area contributed by atoms with E-state index in [0.29, 0.717) is 18.1 Å². The molecule has 0 amide bonds. The lowest BCUT2D eigenvalue weighted by Gasteiger charge is -2.41. The van der Waals surface area contributed by atoms with Gasteiger partial charge >= 0.3 is 0 Å². The van der Waals surface area contributed by atoms with Crippen LogP contribution in [0, 0.1) is 0 Å². The van der Waals surface area contributed by atoms with Gasteiger partial charge in [-0.3, -0.25) is 0 Å². The Morgan fingerprint density at radius 2 is 2.00 bits per heavy atom. The summed E-state index contributed by atoms with van der Waals surface area (Å²) < 4.78 is 1.12. The van der Waals surface area contributed by atoms with Crippen LogP contribution in [0.2, 0.25) is 5.02 Å². The van der Waals surface area contributed by atoms with Crippen molar-refractivity contribution in [2.45, 2.75) is 50.7 Å². The Balaban J connectivity index is 1.83. The molecule has 1 N–H and O–H groups in total. The number of piperidine rings is 1. The van der Waals surface area contributed by atoms with Crippen molar-refractivity contribution >= 4 is 33.2 Å². The van der Waals surface area contributed by atoms with Crippen LogP contribution in [0.15, 0.2) is 22.7 Å². The number of hydrogen-bond donors (Lipinski definition) is 1. The Morgan fingerprint density at radius 3 is 2.58 bits per heavy atom. The quantitative estimate of drug-likeness (QED) is 0.884. The standard InChI is InChI=1S/C15H20BrClN2/c1-2-18-11-8-12-4-5-13(9-11)19(12)15-6-3-10(17)7-14(15)16/h3,6-7,11-13,18H,2,4-5,8-9H2,1H3. The molecule has 2 heterocycles. The molecule has 19 heavy (non-hydrogen) atoms. The van der Waals surface area contributed by atoms with E-state index in [-0.39, 0.29) is 0 Å². The second-order valence-electron chi connectivity index (χ2n) is 5.61. The molecule has 0 aromatic heterocycles. The first-order valence-electron chi connectivity index (χ1n) is 7.15. The summed E-state index contributed by atoms with van der Waals surface area (Å²) in [6.07, 6.45) is 5.17. The molecule has 1 aromatic rings. The van der Waals surface area contributed by atoms with E-state index in [2.05, 4.69) is 39.1 Å². The van der Waals surface area contributed by atoms with Crippen molar-refractivity contribution in [3.63, 3.8) is 0 Å². The summed E-state index contributed by atoms with van der Waals surface area (Å²) in [6, 6.07) is 8.22. The maximum Gasteiger partial charge on any atom is 0.0516 e. The summed E-state index contributed by atoms with van der Waals surface area (Å²) in [7, 11) is 0. The third-order valence-electron chi connectivity index (χ3n) is 4.41. The van der Waals surface area contributed by atoms with Crippen LogP contribution >= 0.6 is 27.5 Å². The first-order chi connectivity index (χ1) is 9.19. The Labute approximate surface area is 128 Å². The van der Waals surface area contributed by atoms with Crippen LogP contribution in [0.5, 0.6) is 0 Å². The van der Waals surface area contributed by atoms with E-state index >= 15 is 0 Å². The summed E-state index contributed by atoms with van der Waals surface area (Å²) in [5.74, 6) is 0. The monoisotopic (exact) mass is 342 g/mol. The molecule has 2 atom stereocenters. The number of hydrogen-bond acceptors (Lipinski definition) is 2. The molecule has 3 rings (SSSR count). The SMILES string of the molecule is CCNC1CC2CCC(C1)N2c1ccc(Cl)cc1Br. The zero-order chi connectivity index (χ0) is 13.4. The zero-order valence-electron chi connectivity index (χ0n) is 11.2. The molecule has 4 heteroatoms. The molecule has 104 valence electrons. The maximum absolute atomic E-state index is 6.05. The fraction of sp³-hybridized carbons (Fsp3) is 0.600. The van der Waals surface area contributed by atoms with Gasteiger partial charge in [-0.15, -0.1) is 0 Å². The molecule has 0 spiro atoms. The van der Waals surface area contributed by atoms with Crippen LogP contribution in [0.1, 0.15) is 32.6 Å². The van der Waals surface area contributed by atoms with Crippen molar-refractivity contribution in [3.05, 3.63) is 27.7 Å². The van der Waals surface area contributed by atoms with Crippen molar-refractivity contribution in [2.75, 3.05) is 11.4 Å². The summed E-state index contributed by atoms with van der Waals surface area (Å²) in [4.78, 5) is 2.62. The largest absolute Gasteiger partial charge is 0.365 e. The van der Waals surface area contributed by atoms with Gasteiger partial charge in [0.15, 0.2) is 0 Å². The molecule has 0 saturated carbocycles. The number of benzene rings is 1. The number of nitrogens with one attached hydrogen (secondary N) is 1. The number of anilines is 1. The van der Waals surface area contributed by atoms with Crippen LogP contribution in [-0.4, -0.2) is 24.7 Å². The minimum atomic E-state index is 0.681. The van der Waals surface area contributed by atoms with Crippen molar-refractivity contribution in [1.29, 1.82) is 0 Å². The summed E-state index contributed by atoms with van der Waals surface area (Å²) in [6.45, 7) is 3.28. The number of rotatable bonds is 3. The van der Waals surface area contributed by atoms with Gasteiger partial charge in [0.25, 0.3) is 0 Å². The zero-order valence-corrected chi connectivity index (χ0v) is 13.5. The normalized spacial score (nSPS) is 29.8. The first-order valence-corrected chi connectivity index (χ1v) is 8.33. The highest BCUT2D eigenvalue weighted by Gasteiger charge is 2.40. The molecule has 1 aromatic carbocycles. The molecule has 2 aliphatic rings. The second kappa shape index (κ2) is 5.63. The fourth-order valence-corrected chi connectivity index (χ4v) is 4.60. The fourth-order valence-electron chi connectivity index (χ4n) is 3.72. The van der Waals surface area contributed by atoms with Crippen molar-refractivity contribution in [1.82, 2.24) is 5.32 Å². The predicted octanol–water partition coefficient (Wildman–Crippen LogP) is 4.21. The Bertz CT molecular complexity index is 451. The number of fused-ring (bicyclic) bond motifs is 2. The van der Waals surface area contributed by atoms with E-state index in [1.165, 1.54) is 31.4 Å². The van der Waals surface area contributed by atoms with E-state index in [0.717, 1.165) is 16.0 Å². The average Bonchev–Trinajstić information content (AvgIpc) is 2.63. The Kier molecular flexibility index (Phi) is 4.06. The molecule has 2 bridgehead atoms. The molecular weight excluding hydrogens is 324 g/mol. The number of nitrogens with zero attached hydrogens (tertiary/aromatic N) is 1.